The van der Waals surface area contributed by atoms with Crippen molar-refractivity contribution in [3.8, 4) is 0 Å². The molecule has 4 unspecified atom stereocenters. The molecule has 1 heteroatoms. The maximum absolute atomic E-state index is 9.73. The van der Waals surface area contributed by atoms with E-state index >= 15 is 0 Å². The number of aliphatic hydroxyl groups excluding tert-OH is 1. The number of hydrogen-bond acceptors (Lipinski definition) is 1. The van der Waals surface area contributed by atoms with Crippen molar-refractivity contribution in [2.24, 2.45) is 23.2 Å². The average Bonchev–Trinajstić information content (AvgIpc) is 2.34. The zero-order valence-corrected chi connectivity index (χ0v) is 7.67. The summed E-state index contributed by atoms with van der Waals surface area (Å²) in [5.74, 6) is 2.19. The van der Waals surface area contributed by atoms with Crippen molar-refractivity contribution in [3.63, 3.8) is 0 Å². The quantitative estimate of drug-likeness (QED) is 0.566. The van der Waals surface area contributed by atoms with Crippen LogP contribution >= 0.6 is 0 Å². The Morgan fingerprint density at radius 3 is 2.45 bits per heavy atom. The number of rotatable bonds is 0. The van der Waals surface area contributed by atoms with E-state index in [1.807, 2.05) is 0 Å². The Labute approximate surface area is 68.8 Å². The first-order chi connectivity index (χ1) is 5.03. The van der Waals surface area contributed by atoms with Gasteiger partial charge in [0.2, 0.25) is 0 Å². The maximum atomic E-state index is 9.73. The Morgan fingerprint density at radius 1 is 1.27 bits per heavy atom. The standard InChI is InChI=1S/C10H18O/c1-6-4-7-9(8(11)5-6)10(7,2)3/h6-9,11H,4-5H2,1-3H3. The maximum Gasteiger partial charge on any atom is 0.0579 e. The molecule has 64 valence electrons. The second kappa shape index (κ2) is 2.01. The fraction of sp³-hybridized carbons (Fsp3) is 1.00. The van der Waals surface area contributed by atoms with Crippen LogP contribution in [0.15, 0.2) is 0 Å². The minimum absolute atomic E-state index is 0.00116. The predicted molar refractivity (Wildman–Crippen MR) is 45.2 cm³/mol. The van der Waals surface area contributed by atoms with Crippen LogP contribution in [0.4, 0.5) is 0 Å². The van der Waals surface area contributed by atoms with Crippen LogP contribution in [0.2, 0.25) is 0 Å². The van der Waals surface area contributed by atoms with Gasteiger partial charge in [-0.25, -0.2) is 0 Å². The lowest BCUT2D eigenvalue weighted by atomic mass is 9.89. The molecule has 0 spiro atoms. The van der Waals surface area contributed by atoms with Crippen LogP contribution in [-0.4, -0.2) is 11.2 Å². The highest BCUT2D eigenvalue weighted by atomic mass is 16.3. The molecule has 0 radical (unpaired) electrons. The number of fused-ring (bicyclic) bond motifs is 1. The number of hydrogen-bond donors (Lipinski definition) is 1. The molecule has 1 N–H and O–H groups in total. The molecular formula is C10H18O. The molecule has 2 rings (SSSR count). The summed E-state index contributed by atoms with van der Waals surface area (Å²) in [7, 11) is 0. The zero-order valence-electron chi connectivity index (χ0n) is 7.67. The molecule has 0 heterocycles. The van der Waals surface area contributed by atoms with E-state index in [0.29, 0.717) is 11.3 Å². The van der Waals surface area contributed by atoms with E-state index in [-0.39, 0.29) is 6.10 Å². The first-order valence-corrected chi connectivity index (χ1v) is 4.71. The minimum Gasteiger partial charge on any atom is -0.393 e. The van der Waals surface area contributed by atoms with Gasteiger partial charge in [0.25, 0.3) is 0 Å². The Hall–Kier alpha value is -0.0400. The lowest BCUT2D eigenvalue weighted by molar-refractivity contribution is 0.0889. The third-order valence-electron chi connectivity index (χ3n) is 3.85. The van der Waals surface area contributed by atoms with E-state index < -0.39 is 0 Å². The van der Waals surface area contributed by atoms with Gasteiger partial charge in [0.1, 0.15) is 0 Å². The van der Waals surface area contributed by atoms with Gasteiger partial charge in [-0.15, -0.1) is 0 Å². The van der Waals surface area contributed by atoms with Gasteiger partial charge < -0.3 is 5.11 Å². The Balaban J connectivity index is 2.11. The highest BCUT2D eigenvalue weighted by molar-refractivity contribution is 5.10. The first kappa shape index (κ1) is 7.60. The summed E-state index contributed by atoms with van der Waals surface area (Å²) < 4.78 is 0. The van der Waals surface area contributed by atoms with Crippen LogP contribution in [0.1, 0.15) is 33.6 Å². The van der Waals surface area contributed by atoms with Gasteiger partial charge in [0, 0.05) is 0 Å². The topological polar surface area (TPSA) is 20.2 Å². The molecule has 0 aromatic carbocycles. The van der Waals surface area contributed by atoms with E-state index in [1.165, 1.54) is 6.42 Å². The van der Waals surface area contributed by atoms with Crippen molar-refractivity contribution < 1.29 is 5.11 Å². The van der Waals surface area contributed by atoms with Gasteiger partial charge in [0.05, 0.1) is 6.10 Å². The van der Waals surface area contributed by atoms with Crippen LogP contribution < -0.4 is 0 Å². The van der Waals surface area contributed by atoms with Crippen LogP contribution in [0.3, 0.4) is 0 Å². The SMILES string of the molecule is CC1CC(O)C2C(C1)C2(C)C. The van der Waals surface area contributed by atoms with E-state index in [0.717, 1.165) is 18.3 Å². The fourth-order valence-corrected chi connectivity index (χ4v) is 3.09. The third-order valence-corrected chi connectivity index (χ3v) is 3.85. The van der Waals surface area contributed by atoms with Gasteiger partial charge in [-0.1, -0.05) is 20.8 Å². The second-order valence-electron chi connectivity index (χ2n) is 5.10. The molecule has 0 bridgehead atoms. The fourth-order valence-electron chi connectivity index (χ4n) is 3.09. The molecule has 0 amide bonds. The van der Waals surface area contributed by atoms with Crippen molar-refractivity contribution in [2.75, 3.05) is 0 Å². The second-order valence-corrected chi connectivity index (χ2v) is 5.10. The zero-order chi connectivity index (χ0) is 8.22. The van der Waals surface area contributed by atoms with E-state index in [9.17, 15) is 5.11 Å². The summed E-state index contributed by atoms with van der Waals surface area (Å²) in [5.41, 5.74) is 0.449. The Morgan fingerprint density at radius 2 is 1.91 bits per heavy atom. The molecule has 1 nitrogen and oxygen atoms in total. The third kappa shape index (κ3) is 0.936. The summed E-state index contributed by atoms with van der Waals surface area (Å²) in [6.45, 7) is 6.85. The largest absolute Gasteiger partial charge is 0.393 e. The lowest BCUT2D eigenvalue weighted by Gasteiger charge is -2.21. The summed E-state index contributed by atoms with van der Waals surface area (Å²) in [4.78, 5) is 0. The number of aliphatic hydroxyl groups is 1. The van der Waals surface area contributed by atoms with Crippen molar-refractivity contribution >= 4 is 0 Å². The van der Waals surface area contributed by atoms with Gasteiger partial charge in [0.15, 0.2) is 0 Å². The van der Waals surface area contributed by atoms with E-state index in [1.54, 1.807) is 0 Å². The van der Waals surface area contributed by atoms with Crippen molar-refractivity contribution in [1.29, 1.82) is 0 Å². The summed E-state index contributed by atoms with van der Waals surface area (Å²) in [6, 6.07) is 0. The Bertz CT molecular complexity index is 174. The average molecular weight is 154 g/mol. The molecule has 0 aromatic heterocycles. The summed E-state index contributed by atoms with van der Waals surface area (Å²) >= 11 is 0. The first-order valence-electron chi connectivity index (χ1n) is 4.71. The molecule has 0 saturated heterocycles. The van der Waals surface area contributed by atoms with Crippen LogP contribution in [0, 0.1) is 23.2 Å². The van der Waals surface area contributed by atoms with Gasteiger partial charge in [-0.2, -0.15) is 0 Å². The summed E-state index contributed by atoms with van der Waals surface area (Å²) in [5, 5.41) is 9.73. The van der Waals surface area contributed by atoms with Crippen LogP contribution in [0.5, 0.6) is 0 Å². The predicted octanol–water partition coefficient (Wildman–Crippen LogP) is 2.05. The molecule has 0 aromatic rings. The normalized spacial score (nSPS) is 53.5. The van der Waals surface area contributed by atoms with Crippen molar-refractivity contribution in [2.45, 2.75) is 39.7 Å². The lowest BCUT2D eigenvalue weighted by Crippen LogP contribution is -2.20. The van der Waals surface area contributed by atoms with E-state index in [4.69, 9.17) is 0 Å². The monoisotopic (exact) mass is 154 g/mol. The van der Waals surface area contributed by atoms with Gasteiger partial charge in [-0.05, 0) is 36.0 Å². The molecule has 2 aliphatic carbocycles. The Kier molecular flexibility index (Phi) is 1.39. The van der Waals surface area contributed by atoms with Crippen LogP contribution in [0.25, 0.3) is 0 Å². The van der Waals surface area contributed by atoms with Crippen molar-refractivity contribution in [3.05, 3.63) is 0 Å². The molecule has 4 atom stereocenters. The minimum atomic E-state index is -0.00116. The van der Waals surface area contributed by atoms with Gasteiger partial charge in [-0.3, -0.25) is 0 Å². The molecule has 2 aliphatic rings. The highest BCUT2D eigenvalue weighted by Crippen LogP contribution is 2.65. The highest BCUT2D eigenvalue weighted by Gasteiger charge is 2.62. The van der Waals surface area contributed by atoms with Gasteiger partial charge >= 0.3 is 0 Å². The van der Waals surface area contributed by atoms with Crippen LogP contribution in [-0.2, 0) is 0 Å². The molecule has 2 saturated carbocycles. The molecule has 0 aliphatic heterocycles. The van der Waals surface area contributed by atoms with E-state index in [2.05, 4.69) is 20.8 Å². The summed E-state index contributed by atoms with van der Waals surface area (Å²) in [6.07, 6.45) is 2.37. The molecule has 2 fully saturated rings. The molecule has 11 heavy (non-hydrogen) atoms. The van der Waals surface area contributed by atoms with Crippen molar-refractivity contribution in [1.82, 2.24) is 0 Å². The molecular weight excluding hydrogens is 136 g/mol. The smallest absolute Gasteiger partial charge is 0.0579 e.